The third-order valence-electron chi connectivity index (χ3n) is 2.37. The zero-order chi connectivity index (χ0) is 11.5. The molecule has 1 aromatic carbocycles. The second-order valence-corrected chi connectivity index (χ2v) is 3.51. The van der Waals surface area contributed by atoms with Gasteiger partial charge < -0.3 is 25.4 Å². The van der Waals surface area contributed by atoms with Crippen molar-refractivity contribution < 1.29 is 19.7 Å². The number of ether oxygens (including phenoxy) is 2. The van der Waals surface area contributed by atoms with E-state index in [9.17, 15) is 5.11 Å². The molecule has 0 fully saturated rings. The quantitative estimate of drug-likeness (QED) is 0.685. The number of hydrogen-bond acceptors (Lipinski definition) is 5. The van der Waals surface area contributed by atoms with E-state index in [2.05, 4.69) is 0 Å². The van der Waals surface area contributed by atoms with Crippen LogP contribution in [-0.2, 0) is 0 Å². The summed E-state index contributed by atoms with van der Waals surface area (Å²) in [6.07, 6.45) is 1.91. The van der Waals surface area contributed by atoms with Gasteiger partial charge in [-0.05, 0) is 17.7 Å². The van der Waals surface area contributed by atoms with Crippen molar-refractivity contribution >= 4 is 0 Å². The number of rotatable bonds is 3. The first-order valence-corrected chi connectivity index (χ1v) is 4.89. The van der Waals surface area contributed by atoms with Crippen LogP contribution in [0.25, 0.3) is 0 Å². The second-order valence-electron chi connectivity index (χ2n) is 3.51. The van der Waals surface area contributed by atoms with Crippen LogP contribution in [0, 0.1) is 0 Å². The predicted octanol–water partition coefficient (Wildman–Crippen LogP) is 0.282. The summed E-state index contributed by atoms with van der Waals surface area (Å²) in [7, 11) is 0. The normalized spacial score (nSPS) is 16.9. The van der Waals surface area contributed by atoms with E-state index < -0.39 is 12.1 Å². The number of aliphatic hydroxyl groups is 2. The molecule has 4 N–H and O–H groups in total. The topological polar surface area (TPSA) is 84.9 Å². The van der Waals surface area contributed by atoms with E-state index >= 15 is 0 Å². The van der Waals surface area contributed by atoms with Crippen LogP contribution in [0.3, 0.4) is 0 Å². The van der Waals surface area contributed by atoms with Crippen LogP contribution >= 0.6 is 0 Å². The summed E-state index contributed by atoms with van der Waals surface area (Å²) in [6.45, 7) is -0.282. The smallest absolute Gasteiger partial charge is 0.169 e. The molecular formula is C11H13NO4. The fraction of sp³-hybridized carbons (Fsp3) is 0.273. The molecule has 5 heteroatoms. The van der Waals surface area contributed by atoms with Gasteiger partial charge in [-0.3, -0.25) is 0 Å². The molecule has 86 valence electrons. The molecule has 0 saturated heterocycles. The molecule has 0 spiro atoms. The highest BCUT2D eigenvalue weighted by Gasteiger charge is 2.18. The Morgan fingerprint density at radius 3 is 2.56 bits per heavy atom. The fourth-order valence-corrected chi connectivity index (χ4v) is 1.45. The molecule has 1 aromatic rings. The summed E-state index contributed by atoms with van der Waals surface area (Å²) in [5.74, 6) is 1.10. The molecule has 1 aliphatic heterocycles. The predicted molar refractivity (Wildman–Crippen MR) is 56.9 cm³/mol. The molecule has 2 rings (SSSR count). The highest BCUT2D eigenvalue weighted by atomic mass is 16.5. The summed E-state index contributed by atoms with van der Waals surface area (Å²) in [5, 5.41) is 18.6. The van der Waals surface area contributed by atoms with Crippen LogP contribution in [0.2, 0.25) is 0 Å². The van der Waals surface area contributed by atoms with Gasteiger partial charge >= 0.3 is 0 Å². The average molecular weight is 223 g/mol. The van der Waals surface area contributed by atoms with Gasteiger partial charge in [-0.2, -0.15) is 0 Å². The zero-order valence-electron chi connectivity index (χ0n) is 8.54. The van der Waals surface area contributed by atoms with E-state index in [0.29, 0.717) is 17.1 Å². The van der Waals surface area contributed by atoms with E-state index in [4.69, 9.17) is 20.3 Å². The Labute approximate surface area is 92.7 Å². The van der Waals surface area contributed by atoms with Crippen LogP contribution in [0.4, 0.5) is 0 Å². The Hall–Kier alpha value is -1.56. The van der Waals surface area contributed by atoms with Gasteiger partial charge in [0.1, 0.15) is 12.5 Å². The maximum Gasteiger partial charge on any atom is 0.169 e. The number of benzene rings is 1. The number of aliphatic hydroxyl groups excluding tert-OH is 2. The maximum atomic E-state index is 9.79. The summed E-state index contributed by atoms with van der Waals surface area (Å²) in [4.78, 5) is 0. The maximum absolute atomic E-state index is 9.79. The van der Waals surface area contributed by atoms with Crippen molar-refractivity contribution in [2.75, 3.05) is 6.61 Å². The minimum absolute atomic E-state index is 0.282. The van der Waals surface area contributed by atoms with Crippen molar-refractivity contribution in [3.63, 3.8) is 0 Å². The largest absolute Gasteiger partial charge is 0.458 e. The van der Waals surface area contributed by atoms with E-state index in [0.717, 1.165) is 0 Å². The second kappa shape index (κ2) is 4.52. The van der Waals surface area contributed by atoms with Gasteiger partial charge in [-0.1, -0.05) is 6.07 Å². The van der Waals surface area contributed by atoms with Crippen LogP contribution < -0.4 is 15.2 Å². The monoisotopic (exact) mass is 223 g/mol. The Bertz CT molecular complexity index is 405. The van der Waals surface area contributed by atoms with Gasteiger partial charge in [0.2, 0.25) is 0 Å². The van der Waals surface area contributed by atoms with Gasteiger partial charge in [-0.15, -0.1) is 0 Å². The van der Waals surface area contributed by atoms with Crippen LogP contribution in [0.5, 0.6) is 11.5 Å². The average Bonchev–Trinajstić information content (AvgIpc) is 2.36. The van der Waals surface area contributed by atoms with Crippen molar-refractivity contribution in [1.29, 1.82) is 0 Å². The highest BCUT2D eigenvalue weighted by Crippen LogP contribution is 2.33. The molecule has 0 aromatic heterocycles. The molecule has 2 atom stereocenters. The lowest BCUT2D eigenvalue weighted by Gasteiger charge is -2.19. The first kappa shape index (κ1) is 10.9. The third kappa shape index (κ3) is 2.01. The molecular weight excluding hydrogens is 210 g/mol. The molecule has 5 nitrogen and oxygen atoms in total. The summed E-state index contributed by atoms with van der Waals surface area (Å²) in [5.41, 5.74) is 6.12. The van der Waals surface area contributed by atoms with Crippen LogP contribution in [0.1, 0.15) is 11.7 Å². The SMILES string of the molecule is N[C@H](CO)[C@H](O)c1ccc2c(c1)OC=CO2. The van der Waals surface area contributed by atoms with Crippen molar-refractivity contribution in [3.8, 4) is 11.5 Å². The first-order chi connectivity index (χ1) is 7.72. The van der Waals surface area contributed by atoms with Crippen LogP contribution in [0.15, 0.2) is 30.7 Å². The van der Waals surface area contributed by atoms with E-state index in [1.807, 2.05) is 0 Å². The van der Waals surface area contributed by atoms with Crippen molar-refractivity contribution in [3.05, 3.63) is 36.3 Å². The van der Waals surface area contributed by atoms with E-state index in [-0.39, 0.29) is 6.61 Å². The number of fused-ring (bicyclic) bond motifs is 1. The van der Waals surface area contributed by atoms with E-state index in [1.165, 1.54) is 12.5 Å². The molecule has 0 aliphatic carbocycles. The highest BCUT2D eigenvalue weighted by molar-refractivity contribution is 5.45. The zero-order valence-corrected chi connectivity index (χ0v) is 8.54. The molecule has 0 amide bonds. The van der Waals surface area contributed by atoms with Crippen molar-refractivity contribution in [2.45, 2.75) is 12.1 Å². The van der Waals surface area contributed by atoms with Gasteiger partial charge in [0.05, 0.1) is 18.8 Å². The third-order valence-corrected chi connectivity index (χ3v) is 2.37. The fourth-order valence-electron chi connectivity index (χ4n) is 1.45. The van der Waals surface area contributed by atoms with Gasteiger partial charge in [0, 0.05) is 0 Å². The molecule has 1 aliphatic rings. The number of nitrogens with two attached hydrogens (primary N) is 1. The molecule has 0 radical (unpaired) electrons. The number of hydrogen-bond donors (Lipinski definition) is 3. The molecule has 1 heterocycles. The standard InChI is InChI=1S/C11H13NO4/c12-8(6-13)11(14)7-1-2-9-10(5-7)16-4-3-15-9/h1-5,8,11,13-14H,6,12H2/t8-,11-/m1/s1. The van der Waals surface area contributed by atoms with Crippen LogP contribution in [-0.4, -0.2) is 22.9 Å². The Kier molecular flexibility index (Phi) is 3.09. The summed E-state index contributed by atoms with van der Waals surface area (Å²) < 4.78 is 10.4. The molecule has 0 unspecified atom stereocenters. The van der Waals surface area contributed by atoms with Crippen molar-refractivity contribution in [2.24, 2.45) is 5.73 Å². The van der Waals surface area contributed by atoms with Gasteiger partial charge in [0.15, 0.2) is 11.5 Å². The molecule has 16 heavy (non-hydrogen) atoms. The minimum Gasteiger partial charge on any atom is -0.458 e. The van der Waals surface area contributed by atoms with Gasteiger partial charge in [0.25, 0.3) is 0 Å². The van der Waals surface area contributed by atoms with E-state index in [1.54, 1.807) is 18.2 Å². The minimum atomic E-state index is -0.926. The lowest BCUT2D eigenvalue weighted by atomic mass is 10.0. The molecule has 0 saturated carbocycles. The van der Waals surface area contributed by atoms with Gasteiger partial charge in [-0.25, -0.2) is 0 Å². The summed E-state index contributed by atoms with van der Waals surface area (Å²) >= 11 is 0. The lowest BCUT2D eigenvalue weighted by Crippen LogP contribution is -2.31. The first-order valence-electron chi connectivity index (χ1n) is 4.89. The summed E-state index contributed by atoms with van der Waals surface area (Å²) in [6, 6.07) is 4.29. The van der Waals surface area contributed by atoms with Crippen molar-refractivity contribution in [1.82, 2.24) is 0 Å². The Balaban J connectivity index is 2.24. The Morgan fingerprint density at radius 2 is 1.88 bits per heavy atom. The molecule has 0 bridgehead atoms. The Morgan fingerprint density at radius 1 is 1.19 bits per heavy atom. The lowest BCUT2D eigenvalue weighted by molar-refractivity contribution is 0.109.